The maximum absolute atomic E-state index is 5.16. The van der Waals surface area contributed by atoms with Crippen molar-refractivity contribution in [2.24, 2.45) is 0 Å². The van der Waals surface area contributed by atoms with E-state index in [1.807, 2.05) is 0 Å². The predicted octanol–water partition coefficient (Wildman–Crippen LogP) is 20.1. The minimum Gasteiger partial charge on any atom is -0.311 e. The Kier molecular flexibility index (Phi) is 12.7. The molecule has 85 heavy (non-hydrogen) atoms. The fourth-order valence-electron chi connectivity index (χ4n) is 12.4. The molecule has 0 bridgehead atoms. The van der Waals surface area contributed by atoms with Crippen LogP contribution in [-0.4, -0.2) is 28.7 Å². The standard InChI is InChI=1S/C78H57N7/c1-52-49-58(76-79-70-25-13-16-28-73(70)83(76)61-19-7-4-8-20-61)37-46-67(52)55-31-40-64(41-32-55)82(65-42-33-56(34-43-65)68-47-38-59(50-53(68)2)77-80-71-26-14-17-29-74(71)84(77)62-21-9-5-10-22-62)66-44-35-57(36-45-66)69-48-39-60(51-54(69)3)78-81-72-27-15-18-30-75(72)85(78)63-23-11-6-12-24-63/h4-51H,1-3H3. The molecule has 0 aliphatic carbocycles. The van der Waals surface area contributed by atoms with Gasteiger partial charge < -0.3 is 4.90 Å². The van der Waals surface area contributed by atoms with Gasteiger partial charge in [-0.15, -0.1) is 0 Å². The van der Waals surface area contributed by atoms with Gasteiger partial charge in [0.25, 0.3) is 0 Å². The van der Waals surface area contributed by atoms with Gasteiger partial charge in [-0.25, -0.2) is 15.0 Å². The van der Waals surface area contributed by atoms with Crippen LogP contribution in [0.2, 0.25) is 0 Å². The highest BCUT2D eigenvalue weighted by molar-refractivity contribution is 5.89. The molecule has 0 spiro atoms. The van der Waals surface area contributed by atoms with E-state index in [0.717, 1.165) is 118 Å². The summed E-state index contributed by atoms with van der Waals surface area (Å²) in [6.07, 6.45) is 0. The van der Waals surface area contributed by atoms with Gasteiger partial charge in [-0.05, 0) is 198 Å². The molecule has 0 N–H and O–H groups in total. The number of hydrogen-bond acceptors (Lipinski definition) is 4. The van der Waals surface area contributed by atoms with Crippen LogP contribution in [0.5, 0.6) is 0 Å². The minimum atomic E-state index is 0.922. The zero-order valence-electron chi connectivity index (χ0n) is 47.3. The van der Waals surface area contributed by atoms with E-state index in [9.17, 15) is 0 Å². The first-order valence-corrected chi connectivity index (χ1v) is 28.9. The Morgan fingerprint density at radius 3 is 0.765 bits per heavy atom. The van der Waals surface area contributed by atoms with Crippen LogP contribution in [0.4, 0.5) is 17.1 Å². The molecule has 15 rings (SSSR count). The Balaban J connectivity index is 0.770. The third kappa shape index (κ3) is 9.25. The normalized spacial score (nSPS) is 11.5. The van der Waals surface area contributed by atoms with Crippen molar-refractivity contribution in [3.05, 3.63) is 308 Å². The molecule has 0 saturated heterocycles. The van der Waals surface area contributed by atoms with Gasteiger partial charge in [0.1, 0.15) is 17.5 Å². The van der Waals surface area contributed by atoms with Gasteiger partial charge in [-0.3, -0.25) is 13.7 Å². The van der Waals surface area contributed by atoms with Crippen molar-refractivity contribution < 1.29 is 0 Å². The van der Waals surface area contributed by atoms with Crippen LogP contribution >= 0.6 is 0 Å². The SMILES string of the molecule is Cc1cc(-c2nc3ccccc3n2-c2ccccc2)ccc1-c1ccc(N(c2ccc(-c3ccc(-c4nc5ccccc5n4-c4ccccc4)cc3C)cc2)c2ccc(-c3ccc(-c4nc5ccccc5n4-c4ccccc4)cc3C)cc2)cc1. The predicted molar refractivity (Wildman–Crippen MR) is 352 cm³/mol. The highest BCUT2D eigenvalue weighted by Gasteiger charge is 2.21. The molecule has 15 aromatic rings. The van der Waals surface area contributed by atoms with Crippen LogP contribution in [0.15, 0.2) is 291 Å². The summed E-state index contributed by atoms with van der Waals surface area (Å²) in [5, 5.41) is 0. The molecule has 404 valence electrons. The van der Waals surface area contributed by atoms with Crippen molar-refractivity contribution in [2.45, 2.75) is 20.8 Å². The molecule has 0 aliphatic heterocycles. The Morgan fingerprint density at radius 1 is 0.247 bits per heavy atom. The van der Waals surface area contributed by atoms with Crippen LogP contribution in [-0.2, 0) is 0 Å². The fourth-order valence-corrected chi connectivity index (χ4v) is 12.4. The van der Waals surface area contributed by atoms with E-state index in [4.69, 9.17) is 15.0 Å². The molecule has 3 aromatic heterocycles. The Bertz CT molecular complexity index is 4440. The smallest absolute Gasteiger partial charge is 0.145 e. The number of aromatic nitrogens is 6. The van der Waals surface area contributed by atoms with Gasteiger partial charge >= 0.3 is 0 Å². The van der Waals surface area contributed by atoms with E-state index in [2.05, 4.69) is 331 Å². The average molecular weight is 1090 g/mol. The van der Waals surface area contributed by atoms with Crippen LogP contribution in [0, 0.1) is 20.8 Å². The molecule has 0 saturated carbocycles. The summed E-state index contributed by atoms with van der Waals surface area (Å²) in [7, 11) is 0. The van der Waals surface area contributed by atoms with Gasteiger partial charge in [-0.2, -0.15) is 0 Å². The molecule has 0 atom stereocenters. The van der Waals surface area contributed by atoms with Crippen molar-refractivity contribution in [3.63, 3.8) is 0 Å². The average Bonchev–Trinajstić information content (AvgIpc) is 2.91. The second-order valence-corrected chi connectivity index (χ2v) is 21.9. The Hall–Kier alpha value is -11.2. The number of para-hydroxylation sites is 9. The number of hydrogen-bond donors (Lipinski definition) is 0. The Morgan fingerprint density at radius 2 is 0.494 bits per heavy atom. The fraction of sp³-hybridized carbons (Fsp3) is 0.0385. The van der Waals surface area contributed by atoms with Crippen LogP contribution < -0.4 is 4.90 Å². The Labute approximate surface area is 494 Å². The lowest BCUT2D eigenvalue weighted by Gasteiger charge is -2.26. The molecule has 7 nitrogen and oxygen atoms in total. The third-order valence-corrected chi connectivity index (χ3v) is 16.5. The van der Waals surface area contributed by atoms with Crippen molar-refractivity contribution in [1.29, 1.82) is 0 Å². The van der Waals surface area contributed by atoms with Crippen molar-refractivity contribution in [3.8, 4) is 84.6 Å². The lowest BCUT2D eigenvalue weighted by atomic mass is 9.96. The number of anilines is 3. The summed E-state index contributed by atoms with van der Waals surface area (Å²) >= 11 is 0. The van der Waals surface area contributed by atoms with Gasteiger partial charge in [0, 0.05) is 50.8 Å². The van der Waals surface area contributed by atoms with Crippen LogP contribution in [0.25, 0.3) is 118 Å². The molecule has 0 radical (unpaired) electrons. The van der Waals surface area contributed by atoms with Crippen molar-refractivity contribution in [1.82, 2.24) is 28.7 Å². The topological polar surface area (TPSA) is 56.7 Å². The van der Waals surface area contributed by atoms with Gasteiger partial charge in [-0.1, -0.05) is 164 Å². The zero-order valence-corrected chi connectivity index (χ0v) is 47.3. The van der Waals surface area contributed by atoms with E-state index in [-0.39, 0.29) is 0 Å². The monoisotopic (exact) mass is 1090 g/mol. The molecule has 12 aromatic carbocycles. The summed E-state index contributed by atoms with van der Waals surface area (Å²) in [4.78, 5) is 17.8. The summed E-state index contributed by atoms with van der Waals surface area (Å²) in [6, 6.07) is 104. The minimum absolute atomic E-state index is 0.922. The number of rotatable bonds is 12. The second-order valence-electron chi connectivity index (χ2n) is 21.9. The van der Waals surface area contributed by atoms with Crippen LogP contribution in [0.1, 0.15) is 16.7 Å². The second kappa shape index (κ2) is 21.3. The summed E-state index contributed by atoms with van der Waals surface area (Å²) in [6.45, 7) is 6.60. The van der Waals surface area contributed by atoms with Gasteiger partial charge in [0.2, 0.25) is 0 Å². The largest absolute Gasteiger partial charge is 0.311 e. The summed E-state index contributed by atoms with van der Waals surface area (Å²) < 4.78 is 6.78. The summed E-state index contributed by atoms with van der Waals surface area (Å²) in [5.41, 5.74) is 26.3. The number of benzene rings is 12. The molecule has 0 amide bonds. The molecule has 0 aliphatic rings. The highest BCUT2D eigenvalue weighted by Crippen LogP contribution is 2.41. The molecular weight excluding hydrogens is 1030 g/mol. The lowest BCUT2D eigenvalue weighted by Crippen LogP contribution is -2.10. The first kappa shape index (κ1) is 50.8. The highest BCUT2D eigenvalue weighted by atomic mass is 15.1. The number of nitrogens with zero attached hydrogens (tertiary/aromatic N) is 7. The molecule has 3 heterocycles. The first-order valence-electron chi connectivity index (χ1n) is 28.9. The van der Waals surface area contributed by atoms with Gasteiger partial charge in [0.15, 0.2) is 0 Å². The quantitative estimate of drug-likeness (QED) is 0.122. The van der Waals surface area contributed by atoms with E-state index in [1.165, 1.54) is 33.4 Å². The van der Waals surface area contributed by atoms with E-state index in [1.54, 1.807) is 0 Å². The van der Waals surface area contributed by atoms with E-state index < -0.39 is 0 Å². The number of aryl methyl sites for hydroxylation is 3. The zero-order chi connectivity index (χ0) is 57.0. The maximum Gasteiger partial charge on any atom is 0.145 e. The molecule has 0 unspecified atom stereocenters. The van der Waals surface area contributed by atoms with Crippen LogP contribution in [0.3, 0.4) is 0 Å². The molecule has 7 heteroatoms. The van der Waals surface area contributed by atoms with Gasteiger partial charge in [0.05, 0.1) is 33.1 Å². The molecule has 0 fully saturated rings. The summed E-state index contributed by atoms with van der Waals surface area (Å²) in [5.74, 6) is 2.77. The molecular formula is C78H57N7. The first-order chi connectivity index (χ1) is 41.9. The van der Waals surface area contributed by atoms with E-state index in [0.29, 0.717) is 0 Å². The lowest BCUT2D eigenvalue weighted by molar-refractivity contribution is 1.10. The number of fused-ring (bicyclic) bond motifs is 3. The maximum atomic E-state index is 5.16. The number of imidazole rings is 3. The third-order valence-electron chi connectivity index (χ3n) is 16.5. The van der Waals surface area contributed by atoms with Crippen molar-refractivity contribution >= 4 is 50.2 Å². The van der Waals surface area contributed by atoms with E-state index >= 15 is 0 Å². The van der Waals surface area contributed by atoms with Crippen molar-refractivity contribution in [2.75, 3.05) is 4.90 Å².